The Morgan fingerprint density at radius 2 is 2.32 bits per heavy atom. The van der Waals surface area contributed by atoms with E-state index in [2.05, 4.69) is 4.98 Å². The van der Waals surface area contributed by atoms with Crippen LogP contribution >= 0.6 is 11.6 Å². The highest BCUT2D eigenvalue weighted by Gasteiger charge is 2.35. The summed E-state index contributed by atoms with van der Waals surface area (Å²) in [6, 6.07) is 4.54. The van der Waals surface area contributed by atoms with Crippen LogP contribution in [0.1, 0.15) is 24.3 Å². The second kappa shape index (κ2) is 5.35. The Hall–Kier alpha value is -1.33. The van der Waals surface area contributed by atoms with E-state index < -0.39 is 5.60 Å². The van der Waals surface area contributed by atoms with Gasteiger partial charge in [0, 0.05) is 19.2 Å². The van der Waals surface area contributed by atoms with Crippen molar-refractivity contribution in [3.8, 4) is 0 Å². The summed E-state index contributed by atoms with van der Waals surface area (Å²) in [6.07, 6.45) is -0.190. The molecule has 0 spiro atoms. The molecule has 1 aliphatic heterocycles. The van der Waals surface area contributed by atoms with E-state index in [9.17, 15) is 9.59 Å². The number of halogens is 1. The van der Waals surface area contributed by atoms with E-state index in [1.165, 1.54) is 6.07 Å². The summed E-state index contributed by atoms with van der Waals surface area (Å²) in [5, 5.41) is 0. The average Bonchev–Trinajstić information content (AvgIpc) is 2.36. The second-order valence-corrected chi connectivity index (χ2v) is 5.58. The molecule has 1 unspecified atom stereocenters. The highest BCUT2D eigenvalue weighted by atomic mass is 35.5. The van der Waals surface area contributed by atoms with Gasteiger partial charge in [-0.15, -0.1) is 11.6 Å². The molecule has 6 heteroatoms. The summed E-state index contributed by atoms with van der Waals surface area (Å²) in [5.41, 5.74) is -0.437. The molecule has 0 bridgehead atoms. The third-order valence-electron chi connectivity index (χ3n) is 2.94. The fraction of sp³-hybridized carbons (Fsp3) is 0.538. The molecule has 0 aromatic carbocycles. The molecule has 1 saturated heterocycles. The van der Waals surface area contributed by atoms with Gasteiger partial charge in [-0.2, -0.15) is 0 Å². The van der Waals surface area contributed by atoms with Crippen molar-refractivity contribution in [2.75, 3.05) is 19.0 Å². The zero-order chi connectivity index (χ0) is 14.0. The van der Waals surface area contributed by atoms with Crippen LogP contribution in [0.3, 0.4) is 0 Å². The number of aromatic amines is 1. The number of pyridine rings is 1. The second-order valence-electron chi connectivity index (χ2n) is 5.27. The van der Waals surface area contributed by atoms with Crippen molar-refractivity contribution in [3.63, 3.8) is 0 Å². The normalized spacial score (nSPS) is 22.3. The smallest absolute Gasteiger partial charge is 0.270 e. The molecule has 104 valence electrons. The lowest BCUT2D eigenvalue weighted by Crippen LogP contribution is -2.55. The van der Waals surface area contributed by atoms with Gasteiger partial charge in [0.25, 0.3) is 5.91 Å². The number of carbonyl (C=O) groups is 1. The van der Waals surface area contributed by atoms with Crippen molar-refractivity contribution in [1.82, 2.24) is 9.88 Å². The molecule has 1 fully saturated rings. The Bertz CT molecular complexity index is 527. The molecule has 1 aromatic rings. The van der Waals surface area contributed by atoms with Gasteiger partial charge in [0.15, 0.2) is 0 Å². The van der Waals surface area contributed by atoms with Crippen LogP contribution in [0, 0.1) is 0 Å². The standard InChI is InChI=1S/C13H17ClN2O3/c1-13(2)8-16(7-9(6-14)19-13)12(18)10-4-3-5-11(17)15-10/h3-5,9H,6-8H2,1-2H3,(H,15,17). The van der Waals surface area contributed by atoms with Gasteiger partial charge in [0.1, 0.15) is 5.69 Å². The van der Waals surface area contributed by atoms with Crippen LogP contribution < -0.4 is 5.56 Å². The summed E-state index contributed by atoms with van der Waals surface area (Å²) < 4.78 is 5.77. The highest BCUT2D eigenvalue weighted by Crippen LogP contribution is 2.22. The molecule has 19 heavy (non-hydrogen) atoms. The maximum Gasteiger partial charge on any atom is 0.270 e. The topological polar surface area (TPSA) is 62.4 Å². The first-order valence-corrected chi connectivity index (χ1v) is 6.67. The van der Waals surface area contributed by atoms with Crippen molar-refractivity contribution in [1.29, 1.82) is 0 Å². The van der Waals surface area contributed by atoms with Crippen LogP contribution in [0.4, 0.5) is 0 Å². The predicted molar refractivity (Wildman–Crippen MR) is 72.6 cm³/mol. The molecule has 2 heterocycles. The van der Waals surface area contributed by atoms with Crippen LogP contribution in [-0.2, 0) is 4.74 Å². The number of hydrogen-bond donors (Lipinski definition) is 1. The van der Waals surface area contributed by atoms with Gasteiger partial charge in [-0.25, -0.2) is 0 Å². The maximum absolute atomic E-state index is 12.4. The van der Waals surface area contributed by atoms with Crippen LogP contribution in [0.5, 0.6) is 0 Å². The fourth-order valence-corrected chi connectivity index (χ4v) is 2.43. The number of carbonyl (C=O) groups excluding carboxylic acids is 1. The molecule has 1 aromatic heterocycles. The Kier molecular flexibility index (Phi) is 3.96. The van der Waals surface area contributed by atoms with Crippen LogP contribution in [0.25, 0.3) is 0 Å². The Balaban J connectivity index is 2.21. The van der Waals surface area contributed by atoms with E-state index in [1.807, 2.05) is 13.8 Å². The number of nitrogens with zero attached hydrogens (tertiary/aromatic N) is 1. The molecule has 1 N–H and O–H groups in total. The summed E-state index contributed by atoms with van der Waals surface area (Å²) in [6.45, 7) is 4.73. The van der Waals surface area contributed by atoms with Crippen LogP contribution in [0.2, 0.25) is 0 Å². The van der Waals surface area contributed by atoms with Crippen LogP contribution in [-0.4, -0.2) is 46.5 Å². The van der Waals surface area contributed by atoms with Crippen molar-refractivity contribution in [2.24, 2.45) is 0 Å². The first-order valence-electron chi connectivity index (χ1n) is 6.14. The zero-order valence-corrected chi connectivity index (χ0v) is 11.7. The summed E-state index contributed by atoms with van der Waals surface area (Å²) in [4.78, 5) is 27.8. The Labute approximate surface area is 116 Å². The predicted octanol–water partition coefficient (Wildman–Crippen LogP) is 1.23. The lowest BCUT2D eigenvalue weighted by molar-refractivity contribution is -0.117. The van der Waals surface area contributed by atoms with Crippen molar-refractivity contribution < 1.29 is 9.53 Å². The average molecular weight is 285 g/mol. The molecule has 0 saturated carbocycles. The lowest BCUT2D eigenvalue weighted by atomic mass is 10.1. The number of morpholine rings is 1. The summed E-state index contributed by atoms with van der Waals surface area (Å²) in [7, 11) is 0. The number of aromatic nitrogens is 1. The summed E-state index contributed by atoms with van der Waals surface area (Å²) in [5.74, 6) is 0.127. The minimum absolute atomic E-state index is 0.190. The third-order valence-corrected chi connectivity index (χ3v) is 3.28. The number of rotatable bonds is 2. The molecular weight excluding hydrogens is 268 g/mol. The minimum Gasteiger partial charge on any atom is -0.367 e. The molecule has 2 rings (SSSR count). The maximum atomic E-state index is 12.4. The lowest BCUT2D eigenvalue weighted by Gasteiger charge is -2.42. The number of alkyl halides is 1. The van der Waals surface area contributed by atoms with Gasteiger partial charge in [0.05, 0.1) is 17.6 Å². The van der Waals surface area contributed by atoms with Gasteiger partial charge in [-0.1, -0.05) is 6.07 Å². The van der Waals surface area contributed by atoms with Crippen molar-refractivity contribution >= 4 is 17.5 Å². The number of amides is 1. The number of nitrogens with one attached hydrogen (secondary N) is 1. The molecule has 0 radical (unpaired) electrons. The molecule has 1 amide bonds. The zero-order valence-electron chi connectivity index (χ0n) is 11.0. The number of hydrogen-bond acceptors (Lipinski definition) is 3. The van der Waals surface area contributed by atoms with E-state index in [-0.39, 0.29) is 17.6 Å². The third kappa shape index (κ3) is 3.36. The monoisotopic (exact) mass is 284 g/mol. The van der Waals surface area contributed by atoms with Gasteiger partial charge in [-0.05, 0) is 19.9 Å². The molecule has 1 aliphatic rings. The molecule has 0 aliphatic carbocycles. The SMILES string of the molecule is CC1(C)CN(C(=O)c2cccc(=O)[nH]2)CC(CCl)O1. The van der Waals surface area contributed by atoms with Gasteiger partial charge < -0.3 is 14.6 Å². The first-order chi connectivity index (χ1) is 8.91. The Morgan fingerprint density at radius 3 is 2.95 bits per heavy atom. The summed E-state index contributed by atoms with van der Waals surface area (Å²) >= 11 is 5.83. The molecule has 5 nitrogen and oxygen atoms in total. The number of ether oxygens (including phenoxy) is 1. The molecule has 1 atom stereocenters. The quantitative estimate of drug-likeness (QED) is 0.831. The van der Waals surface area contributed by atoms with E-state index in [0.717, 1.165) is 0 Å². The van der Waals surface area contributed by atoms with E-state index in [1.54, 1.807) is 17.0 Å². The van der Waals surface area contributed by atoms with E-state index >= 15 is 0 Å². The van der Waals surface area contributed by atoms with Gasteiger partial charge in [-0.3, -0.25) is 9.59 Å². The largest absolute Gasteiger partial charge is 0.367 e. The first kappa shape index (κ1) is 14.1. The van der Waals surface area contributed by atoms with Gasteiger partial charge >= 0.3 is 0 Å². The van der Waals surface area contributed by atoms with Crippen molar-refractivity contribution in [2.45, 2.75) is 25.6 Å². The van der Waals surface area contributed by atoms with Crippen molar-refractivity contribution in [3.05, 3.63) is 34.2 Å². The van der Waals surface area contributed by atoms with E-state index in [0.29, 0.717) is 24.7 Å². The highest BCUT2D eigenvalue weighted by molar-refractivity contribution is 6.18. The van der Waals surface area contributed by atoms with Crippen LogP contribution in [0.15, 0.2) is 23.0 Å². The fourth-order valence-electron chi connectivity index (χ4n) is 2.27. The molecular formula is C13H17ClN2O3. The van der Waals surface area contributed by atoms with E-state index in [4.69, 9.17) is 16.3 Å². The Morgan fingerprint density at radius 1 is 1.58 bits per heavy atom. The minimum atomic E-state index is -0.442. The van der Waals surface area contributed by atoms with Gasteiger partial charge in [0.2, 0.25) is 5.56 Å². The number of H-pyrrole nitrogens is 1.